The van der Waals surface area contributed by atoms with Crippen LogP contribution in [0.15, 0.2) is 10.6 Å². The molecule has 3 N–H and O–H groups in total. The summed E-state index contributed by atoms with van der Waals surface area (Å²) < 4.78 is 28.1. The molecular weight excluding hydrogens is 372 g/mol. The second kappa shape index (κ2) is 9.13. The zero-order valence-electron chi connectivity index (χ0n) is 17.0. The molecule has 1 fully saturated rings. The van der Waals surface area contributed by atoms with Crippen molar-refractivity contribution in [2.75, 3.05) is 38.3 Å². The van der Waals surface area contributed by atoms with Gasteiger partial charge in [-0.3, -0.25) is 10.1 Å². The third-order valence-electron chi connectivity index (χ3n) is 4.56. The Morgan fingerprint density at radius 3 is 2.26 bits per heavy atom. The molecular formula is C17H32N4O5S. The summed E-state index contributed by atoms with van der Waals surface area (Å²) in [5, 5.41) is 18.6. The second-order valence-electron chi connectivity index (χ2n) is 7.82. The van der Waals surface area contributed by atoms with Gasteiger partial charge in [-0.15, -0.1) is 0 Å². The number of rotatable bonds is 6. The third kappa shape index (κ3) is 6.87. The zero-order valence-corrected chi connectivity index (χ0v) is 17.8. The molecule has 27 heavy (non-hydrogen) atoms. The number of hydrogen-bond acceptors (Lipinski definition) is 7. The second-order valence-corrected chi connectivity index (χ2v) is 9.80. The van der Waals surface area contributed by atoms with Crippen molar-refractivity contribution >= 4 is 21.8 Å². The first-order valence-electron chi connectivity index (χ1n) is 8.87. The molecule has 0 atom stereocenters. The van der Waals surface area contributed by atoms with Crippen molar-refractivity contribution in [1.29, 1.82) is 0 Å². The van der Waals surface area contributed by atoms with E-state index in [4.69, 9.17) is 4.52 Å². The average Bonchev–Trinajstić information content (AvgIpc) is 3.26. The molecule has 1 aliphatic rings. The van der Waals surface area contributed by atoms with Crippen LogP contribution in [0, 0.1) is 0 Å². The number of sulfonamides is 1. The van der Waals surface area contributed by atoms with Gasteiger partial charge in [0, 0.05) is 24.6 Å². The number of hydrogen-bond donors (Lipinski definition) is 3. The van der Waals surface area contributed by atoms with Crippen LogP contribution in [0.3, 0.4) is 0 Å². The molecule has 9 nitrogen and oxygen atoms in total. The summed E-state index contributed by atoms with van der Waals surface area (Å²) in [6.45, 7) is 8.60. The van der Waals surface area contributed by atoms with Crippen LogP contribution in [-0.2, 0) is 20.2 Å². The van der Waals surface area contributed by atoms with Crippen molar-refractivity contribution in [1.82, 2.24) is 14.8 Å². The quantitative estimate of drug-likeness (QED) is 0.644. The van der Waals surface area contributed by atoms with E-state index in [2.05, 4.69) is 15.8 Å². The predicted molar refractivity (Wildman–Crippen MR) is 104 cm³/mol. The highest BCUT2D eigenvalue weighted by Gasteiger charge is 2.28. The van der Waals surface area contributed by atoms with Gasteiger partial charge in [0.1, 0.15) is 0 Å². The molecule has 0 spiro atoms. The molecule has 0 radical (unpaired) electrons. The first kappa shape index (κ1) is 23.5. The summed E-state index contributed by atoms with van der Waals surface area (Å²) in [6.07, 6.45) is 3.30. The molecule has 1 aliphatic heterocycles. The van der Waals surface area contributed by atoms with E-state index < -0.39 is 21.0 Å². The molecule has 2 heterocycles. The summed E-state index contributed by atoms with van der Waals surface area (Å²) in [6, 6.07) is 1.62. The van der Waals surface area contributed by atoms with Crippen molar-refractivity contribution in [3.63, 3.8) is 0 Å². The molecule has 1 saturated heterocycles. The van der Waals surface area contributed by atoms with E-state index in [1.54, 1.807) is 27.0 Å². The molecule has 0 bridgehead atoms. The smallest absolute Gasteiger partial charge is 0.246 e. The van der Waals surface area contributed by atoms with Gasteiger partial charge in [-0.05, 0) is 33.7 Å². The number of anilines is 1. The molecule has 0 aromatic carbocycles. The number of nitrogens with zero attached hydrogens (tertiary/aromatic N) is 2. The first-order valence-corrected chi connectivity index (χ1v) is 10.7. The highest BCUT2D eigenvalue weighted by atomic mass is 32.2. The van der Waals surface area contributed by atoms with Gasteiger partial charge >= 0.3 is 0 Å². The van der Waals surface area contributed by atoms with Gasteiger partial charge in [0.15, 0.2) is 0 Å². The van der Waals surface area contributed by atoms with Gasteiger partial charge in [-0.1, -0.05) is 19.0 Å². The maximum absolute atomic E-state index is 11.9. The minimum Gasteiger partial charge on any atom is -0.395 e. The van der Waals surface area contributed by atoms with Gasteiger partial charge in [0.2, 0.25) is 21.8 Å². The Labute approximate surface area is 161 Å². The van der Waals surface area contributed by atoms with Crippen LogP contribution in [0.4, 0.5) is 5.88 Å². The van der Waals surface area contributed by atoms with Crippen LogP contribution in [0.2, 0.25) is 0 Å². The van der Waals surface area contributed by atoms with Crippen LogP contribution in [0.5, 0.6) is 0 Å². The van der Waals surface area contributed by atoms with Crippen molar-refractivity contribution in [2.24, 2.45) is 0 Å². The van der Waals surface area contributed by atoms with Gasteiger partial charge in [-0.25, -0.2) is 12.7 Å². The van der Waals surface area contributed by atoms with E-state index in [0.717, 1.165) is 25.9 Å². The lowest BCUT2D eigenvalue weighted by molar-refractivity contribution is -0.121. The number of aromatic nitrogens is 1. The van der Waals surface area contributed by atoms with Gasteiger partial charge in [-0.2, -0.15) is 0 Å². The molecule has 0 saturated carbocycles. The molecule has 0 aliphatic carbocycles. The molecule has 1 aromatic heterocycles. The molecule has 1 aromatic rings. The normalized spacial score (nSPS) is 16.0. The van der Waals surface area contributed by atoms with E-state index in [9.17, 15) is 18.3 Å². The number of carbonyl (C=O) groups is 1. The summed E-state index contributed by atoms with van der Waals surface area (Å²) in [4.78, 5) is 11.9. The van der Waals surface area contributed by atoms with Gasteiger partial charge < -0.3 is 14.9 Å². The molecule has 2 rings (SSSR count). The highest BCUT2D eigenvalue weighted by molar-refractivity contribution is 7.88. The van der Waals surface area contributed by atoms with Crippen LogP contribution in [-0.4, -0.2) is 67.4 Å². The van der Waals surface area contributed by atoms with Gasteiger partial charge in [0.05, 0.1) is 24.1 Å². The van der Waals surface area contributed by atoms with Crippen molar-refractivity contribution < 1.29 is 22.8 Å². The zero-order chi connectivity index (χ0) is 20.9. The van der Waals surface area contributed by atoms with Gasteiger partial charge in [0.25, 0.3) is 0 Å². The Morgan fingerprint density at radius 2 is 1.85 bits per heavy atom. The van der Waals surface area contributed by atoms with E-state index >= 15 is 0 Å². The fourth-order valence-electron chi connectivity index (χ4n) is 2.14. The maximum Gasteiger partial charge on any atom is 0.246 e. The monoisotopic (exact) mass is 404 g/mol. The standard InChI is InChI=1S/C12H21N3O3.C5H11NO2S/c1-11(2,7-16)8-6-9(18-15-8)14-10(17)12(3,4)13-5;1-9(7,8)6-4-2-3-5-6/h6,13,16H,7H2,1-5H3,(H,14,17);2-5H2,1H3. The average molecular weight is 405 g/mol. The van der Waals surface area contributed by atoms with Crippen molar-refractivity contribution in [2.45, 2.75) is 51.5 Å². The lowest BCUT2D eigenvalue weighted by Crippen LogP contribution is -2.47. The minimum absolute atomic E-state index is 0.0467. The minimum atomic E-state index is -2.87. The van der Waals surface area contributed by atoms with Crippen LogP contribution < -0.4 is 10.6 Å². The van der Waals surface area contributed by atoms with Crippen LogP contribution >= 0.6 is 0 Å². The Morgan fingerprint density at radius 1 is 1.30 bits per heavy atom. The number of amides is 1. The Bertz CT molecular complexity index is 721. The predicted octanol–water partition coefficient (Wildman–Crippen LogP) is 0.923. The number of carbonyl (C=O) groups excluding carboxylic acids is 1. The fraction of sp³-hybridized carbons (Fsp3) is 0.765. The number of nitrogens with one attached hydrogen (secondary N) is 2. The molecule has 0 unspecified atom stereocenters. The van der Waals surface area contributed by atoms with Crippen molar-refractivity contribution in [3.8, 4) is 0 Å². The Hall–Kier alpha value is -1.49. The summed E-state index contributed by atoms with van der Waals surface area (Å²) in [5.41, 5.74) is -0.590. The maximum atomic E-state index is 11.9. The van der Waals surface area contributed by atoms with E-state index in [1.165, 1.54) is 10.6 Å². The summed E-state index contributed by atoms with van der Waals surface area (Å²) in [7, 11) is -1.16. The number of aliphatic hydroxyl groups excluding tert-OH is 1. The molecule has 1 amide bonds. The first-order chi connectivity index (χ1) is 12.3. The Balaban J connectivity index is 0.000000337. The van der Waals surface area contributed by atoms with Crippen LogP contribution in [0.1, 0.15) is 46.2 Å². The summed E-state index contributed by atoms with van der Waals surface area (Å²) >= 11 is 0. The van der Waals surface area contributed by atoms with E-state index in [-0.39, 0.29) is 18.4 Å². The van der Waals surface area contributed by atoms with Crippen LogP contribution in [0.25, 0.3) is 0 Å². The fourth-order valence-corrected chi connectivity index (χ4v) is 3.06. The third-order valence-corrected chi connectivity index (χ3v) is 5.87. The SMILES string of the molecule is CNC(C)(C)C(=O)Nc1cc(C(C)(C)CO)no1.CS(=O)(=O)N1CCCC1. The lowest BCUT2D eigenvalue weighted by Gasteiger charge is -2.21. The van der Waals surface area contributed by atoms with Crippen molar-refractivity contribution in [3.05, 3.63) is 11.8 Å². The summed E-state index contributed by atoms with van der Waals surface area (Å²) in [5.74, 6) is 0.0642. The number of likely N-dealkylation sites (N-methyl/N-ethyl adjacent to an activating group) is 1. The largest absolute Gasteiger partial charge is 0.395 e. The molecule has 156 valence electrons. The molecule has 10 heteroatoms. The highest BCUT2D eigenvalue weighted by Crippen LogP contribution is 2.24. The van der Waals surface area contributed by atoms with E-state index in [1.807, 2.05) is 13.8 Å². The topological polar surface area (TPSA) is 125 Å². The lowest BCUT2D eigenvalue weighted by atomic mass is 9.91. The Kier molecular flexibility index (Phi) is 7.97. The number of aliphatic hydroxyl groups is 1. The van der Waals surface area contributed by atoms with E-state index in [0.29, 0.717) is 5.69 Å².